The number of hydrogen-bond acceptors (Lipinski definition) is 7. The first-order chi connectivity index (χ1) is 25.2. The summed E-state index contributed by atoms with van der Waals surface area (Å²) in [5, 5.41) is 3.70. The topological polar surface area (TPSA) is 140 Å². The minimum absolute atomic E-state index is 0. The molecule has 14 heteroatoms. The molecule has 7 aromatic rings. The first-order valence-electron chi connectivity index (χ1n) is 16.6. The van der Waals surface area contributed by atoms with E-state index in [0.717, 1.165) is 18.4 Å². The zero-order chi connectivity index (χ0) is 36.6. The molecular weight excluding hydrogens is 782 g/mol. The van der Waals surface area contributed by atoms with Crippen molar-refractivity contribution >= 4 is 29.4 Å². The van der Waals surface area contributed by atoms with Crippen LogP contribution in [0, 0.1) is 18.6 Å². The first-order valence-corrected chi connectivity index (χ1v) is 16.6. The van der Waals surface area contributed by atoms with Gasteiger partial charge in [0.1, 0.15) is 23.3 Å². The van der Waals surface area contributed by atoms with Crippen LogP contribution >= 0.6 is 29.4 Å². The van der Waals surface area contributed by atoms with Crippen molar-refractivity contribution in [3.05, 3.63) is 175 Å². The number of nitrogens with one attached hydrogen (secondary N) is 2. The van der Waals surface area contributed by atoms with E-state index in [1.165, 1.54) is 29.0 Å². The van der Waals surface area contributed by atoms with Gasteiger partial charge >= 0.3 is 5.76 Å². The van der Waals surface area contributed by atoms with Crippen molar-refractivity contribution in [3.63, 3.8) is 0 Å². The Labute approximate surface area is 325 Å². The molecule has 278 valence electrons. The van der Waals surface area contributed by atoms with Gasteiger partial charge in [-0.1, -0.05) is 91.3 Å². The Balaban J connectivity index is 0.000000366. The average molecular weight is 818 g/mol. The van der Waals surface area contributed by atoms with Gasteiger partial charge in [0.15, 0.2) is 5.82 Å². The summed E-state index contributed by atoms with van der Waals surface area (Å²) < 4.78 is 37.2. The number of unbranched alkanes of at least 4 members (excludes halogenated alkanes) is 1. The summed E-state index contributed by atoms with van der Waals surface area (Å²) in [5.74, 6) is -1.05. The van der Waals surface area contributed by atoms with E-state index >= 15 is 8.78 Å². The second-order valence-electron chi connectivity index (χ2n) is 11.9. The number of H-pyrrole nitrogens is 2. The average Bonchev–Trinajstić information content (AvgIpc) is 3.60. The molecule has 2 N–H and O–H groups in total. The van der Waals surface area contributed by atoms with Gasteiger partial charge in [-0.2, -0.15) is 0 Å². The predicted octanol–water partition coefficient (Wildman–Crippen LogP) is 8.20. The molecule has 3 aromatic heterocycles. The molecule has 7 rings (SSSR count). The Hall–Kier alpha value is -5.79. The largest absolute Gasteiger partial charge is 0.439 e. The number of aromatic nitrogens is 6. The molecule has 0 unspecified atom stereocenters. The smallest absolute Gasteiger partial charge is 0.307 e. The van der Waals surface area contributed by atoms with Crippen molar-refractivity contribution in [2.45, 2.75) is 39.5 Å². The van der Waals surface area contributed by atoms with Gasteiger partial charge in [-0.3, -0.25) is 23.7 Å². The van der Waals surface area contributed by atoms with E-state index in [2.05, 4.69) is 29.6 Å². The van der Waals surface area contributed by atoms with Gasteiger partial charge in [-0.25, -0.2) is 23.5 Å². The molecular formula is C40H36BrClF2N6O4. The van der Waals surface area contributed by atoms with Crippen LogP contribution in [0.15, 0.2) is 128 Å². The fourth-order valence-corrected chi connectivity index (χ4v) is 5.83. The van der Waals surface area contributed by atoms with E-state index in [4.69, 9.17) is 0 Å². The third-order valence-electron chi connectivity index (χ3n) is 8.36. The zero-order valence-corrected chi connectivity index (χ0v) is 31.7. The van der Waals surface area contributed by atoms with Gasteiger partial charge in [0.05, 0.1) is 11.4 Å². The molecule has 0 aliphatic heterocycles. The van der Waals surface area contributed by atoms with E-state index < -0.39 is 17.4 Å². The summed E-state index contributed by atoms with van der Waals surface area (Å²) >= 11 is 0. The van der Waals surface area contributed by atoms with Gasteiger partial charge in [-0.15, -0.1) is 29.4 Å². The molecule has 0 aliphatic rings. The zero-order valence-electron chi connectivity index (χ0n) is 29.2. The molecule has 0 aliphatic carbocycles. The number of hydrogen-bond donors (Lipinski definition) is 2. The fraction of sp³-hybridized carbons (Fsp3) is 0.150. The van der Waals surface area contributed by atoms with Crippen LogP contribution in [0.3, 0.4) is 0 Å². The van der Waals surface area contributed by atoms with Crippen LogP contribution in [0.25, 0.3) is 39.6 Å². The summed E-state index contributed by atoms with van der Waals surface area (Å²) in [6, 6.07) is 29.2. The summed E-state index contributed by atoms with van der Waals surface area (Å²) in [5.41, 5.74) is 2.84. The highest BCUT2D eigenvalue weighted by atomic mass is 79.9. The summed E-state index contributed by atoms with van der Waals surface area (Å²) in [4.78, 5) is 50.0. The van der Waals surface area contributed by atoms with Crippen LogP contribution in [0.5, 0.6) is 0 Å². The number of aryl methyl sites for hydroxylation is 2. The maximum Gasteiger partial charge on any atom is 0.439 e. The maximum absolute atomic E-state index is 15.6. The lowest BCUT2D eigenvalue weighted by Gasteiger charge is -2.16. The van der Waals surface area contributed by atoms with Crippen LogP contribution in [-0.4, -0.2) is 29.7 Å². The van der Waals surface area contributed by atoms with Crippen LogP contribution in [-0.2, 0) is 12.8 Å². The molecule has 0 spiro atoms. The van der Waals surface area contributed by atoms with Gasteiger partial charge in [0.2, 0.25) is 0 Å². The van der Waals surface area contributed by atoms with Gasteiger partial charge in [0, 0.05) is 40.9 Å². The monoisotopic (exact) mass is 816 g/mol. The number of rotatable bonds is 9. The second kappa shape index (κ2) is 18.8. The number of para-hydroxylation sites is 1. The lowest BCUT2D eigenvalue weighted by molar-refractivity contribution is 0.388. The highest BCUT2D eigenvalue weighted by molar-refractivity contribution is 8.93. The molecule has 4 aromatic carbocycles. The normalized spacial score (nSPS) is 10.4. The molecule has 0 fully saturated rings. The number of nitrogens with zero attached hydrogens (tertiary/aromatic N) is 4. The molecule has 0 amide bonds. The number of aromatic amines is 2. The molecule has 0 bridgehead atoms. The summed E-state index contributed by atoms with van der Waals surface area (Å²) in [6.45, 7) is 3.78. The van der Waals surface area contributed by atoms with Crippen molar-refractivity contribution in [1.82, 2.24) is 29.7 Å². The molecule has 10 nitrogen and oxygen atoms in total. The van der Waals surface area contributed by atoms with Crippen LogP contribution in [0.4, 0.5) is 8.78 Å². The van der Waals surface area contributed by atoms with Crippen molar-refractivity contribution in [1.29, 1.82) is 0 Å². The standard InChI is InChI=1S/C30H26F2N4O3.C10H8N2O.BrH.ClH/c1-3-4-14-27-24(29(37)36(18(2)33-27)20-10-6-5-7-11-20)17-23-25(31)15-19(16-26(23)32)21-12-8-9-13-22(21)28-34-30(38)39-35-28;13-9-6-7-11-10(12-9)8-4-2-1-3-5-8;;/h5-13,15-16H,3-4,14,17H2,1-2H3,(H,34,35,38);1-7H,(H,11,12,13);2*1H. The summed E-state index contributed by atoms with van der Waals surface area (Å²) in [6.07, 6.45) is 3.46. The van der Waals surface area contributed by atoms with Gasteiger partial charge in [0.25, 0.3) is 11.1 Å². The fourth-order valence-electron chi connectivity index (χ4n) is 5.83. The lowest BCUT2D eigenvalue weighted by Crippen LogP contribution is -2.28. The Morgan fingerprint density at radius 1 is 0.759 bits per heavy atom. The third-order valence-corrected chi connectivity index (χ3v) is 8.36. The molecule has 0 saturated heterocycles. The van der Waals surface area contributed by atoms with Gasteiger partial charge < -0.3 is 4.98 Å². The molecule has 0 saturated carbocycles. The van der Waals surface area contributed by atoms with Crippen molar-refractivity contribution in [3.8, 4) is 39.6 Å². The van der Waals surface area contributed by atoms with E-state index in [9.17, 15) is 14.4 Å². The van der Waals surface area contributed by atoms with E-state index in [1.54, 1.807) is 43.3 Å². The number of benzene rings is 4. The SMILES string of the molecule is Br.CCCCc1nc(C)n(-c2ccccc2)c(=O)c1Cc1c(F)cc(-c2ccccc2-c2noc(=O)[nH]2)cc1F.Cl.O=c1ccnc(-c2ccccc2)[nH]1. The third kappa shape index (κ3) is 9.41. The first kappa shape index (κ1) is 41.0. The van der Waals surface area contributed by atoms with Crippen molar-refractivity contribution in [2.24, 2.45) is 0 Å². The lowest BCUT2D eigenvalue weighted by atomic mass is 9.95. The number of halogens is 4. The van der Waals surface area contributed by atoms with Crippen LogP contribution in [0.1, 0.15) is 42.4 Å². The van der Waals surface area contributed by atoms with Crippen molar-refractivity contribution in [2.75, 3.05) is 0 Å². The molecule has 54 heavy (non-hydrogen) atoms. The van der Waals surface area contributed by atoms with Crippen LogP contribution < -0.4 is 16.9 Å². The molecule has 0 atom stereocenters. The highest BCUT2D eigenvalue weighted by Gasteiger charge is 2.21. The Morgan fingerprint density at radius 2 is 1.39 bits per heavy atom. The van der Waals surface area contributed by atoms with Gasteiger partial charge in [-0.05, 0) is 55.2 Å². The molecule has 3 heterocycles. The Kier molecular flexibility index (Phi) is 14.3. The highest BCUT2D eigenvalue weighted by Crippen LogP contribution is 2.32. The Bertz CT molecular complexity index is 2480. The maximum atomic E-state index is 15.6. The quantitative estimate of drug-likeness (QED) is 0.150. The van der Waals surface area contributed by atoms with E-state index in [-0.39, 0.29) is 69.4 Å². The molecule has 0 radical (unpaired) electrons. The van der Waals surface area contributed by atoms with Crippen LogP contribution in [0.2, 0.25) is 0 Å². The minimum Gasteiger partial charge on any atom is -0.307 e. The van der Waals surface area contributed by atoms with E-state index in [1.807, 2.05) is 55.5 Å². The van der Waals surface area contributed by atoms with Crippen molar-refractivity contribution < 1.29 is 13.3 Å². The Morgan fingerprint density at radius 3 is 2.00 bits per heavy atom. The minimum atomic E-state index is -0.791. The van der Waals surface area contributed by atoms with E-state index in [0.29, 0.717) is 40.6 Å². The summed E-state index contributed by atoms with van der Waals surface area (Å²) in [7, 11) is 0. The second-order valence-corrected chi connectivity index (χ2v) is 11.9. The predicted molar refractivity (Wildman–Crippen MR) is 212 cm³/mol.